The molecule has 0 radical (unpaired) electrons. The smallest absolute Gasteiger partial charge is 0.341 e. The molecule has 1 saturated heterocycles. The minimum Gasteiger partial charge on any atom is -0.483 e. The van der Waals surface area contributed by atoms with E-state index in [2.05, 4.69) is 15.1 Å². The summed E-state index contributed by atoms with van der Waals surface area (Å²) < 4.78 is 47.9. The van der Waals surface area contributed by atoms with Crippen molar-refractivity contribution in [3.05, 3.63) is 100.0 Å². The van der Waals surface area contributed by atoms with Crippen molar-refractivity contribution in [2.24, 2.45) is 15.8 Å². The third-order valence-corrected chi connectivity index (χ3v) is 8.09. The topological polar surface area (TPSA) is 96.4 Å². The Morgan fingerprint density at radius 2 is 1.81 bits per heavy atom. The Labute approximate surface area is 245 Å². The average molecular weight is 595 g/mol. The van der Waals surface area contributed by atoms with Gasteiger partial charge in [0.1, 0.15) is 17.7 Å². The summed E-state index contributed by atoms with van der Waals surface area (Å²) in [5.74, 6) is -1.17. The number of ether oxygens (including phenoxy) is 1. The van der Waals surface area contributed by atoms with Crippen molar-refractivity contribution in [1.82, 2.24) is 14.9 Å². The van der Waals surface area contributed by atoms with E-state index < -0.39 is 35.6 Å². The predicted octanol–water partition coefficient (Wildman–Crippen LogP) is 6.33. The van der Waals surface area contributed by atoms with Crippen LogP contribution in [0.15, 0.2) is 81.5 Å². The second-order valence-corrected chi connectivity index (χ2v) is 11.0. The van der Waals surface area contributed by atoms with Crippen LogP contribution in [0.3, 0.4) is 0 Å². The number of halogens is 3. The molecule has 2 N–H and O–H groups in total. The quantitative estimate of drug-likeness (QED) is 0.308. The minimum atomic E-state index is -0.726. The fraction of sp³-hybridized carbons (Fsp3) is 0.267. The number of aliphatic imine (C=N–C) groups is 1. The van der Waals surface area contributed by atoms with Crippen molar-refractivity contribution in [3.63, 3.8) is 0 Å². The summed E-state index contributed by atoms with van der Waals surface area (Å²) in [6, 6.07) is 13.5. The Balaban J connectivity index is 1.21. The predicted molar refractivity (Wildman–Crippen MR) is 157 cm³/mol. The highest BCUT2D eigenvalue weighted by molar-refractivity contribution is 8.03. The molecular weight excluding hydrogens is 565 g/mol. The molecule has 0 unspecified atom stereocenters. The van der Waals surface area contributed by atoms with Gasteiger partial charge in [-0.25, -0.2) is 33.0 Å². The number of nitrogens with zero attached hydrogens (tertiary/aromatic N) is 5. The van der Waals surface area contributed by atoms with Gasteiger partial charge < -0.3 is 15.4 Å². The molecule has 2 amide bonds. The maximum absolute atomic E-state index is 14.6. The molecule has 1 atom stereocenters. The van der Waals surface area contributed by atoms with Crippen LogP contribution in [0.2, 0.25) is 0 Å². The monoisotopic (exact) mass is 594 g/mol. The molecule has 2 aromatic carbocycles. The Morgan fingerprint density at radius 3 is 2.50 bits per heavy atom. The van der Waals surface area contributed by atoms with E-state index in [0.717, 1.165) is 22.7 Å². The zero-order valence-electron chi connectivity index (χ0n) is 23.0. The van der Waals surface area contributed by atoms with E-state index >= 15 is 0 Å². The number of nitrogens with two attached hydrogens (primary N) is 1. The van der Waals surface area contributed by atoms with Gasteiger partial charge in [-0.1, -0.05) is 30.3 Å². The van der Waals surface area contributed by atoms with E-state index in [0.29, 0.717) is 29.1 Å². The molecule has 0 spiro atoms. The van der Waals surface area contributed by atoms with E-state index in [1.54, 1.807) is 18.7 Å². The normalized spacial score (nSPS) is 17.7. The van der Waals surface area contributed by atoms with Gasteiger partial charge in [-0.3, -0.25) is 0 Å². The van der Waals surface area contributed by atoms with Gasteiger partial charge in [0.15, 0.2) is 17.4 Å². The molecule has 12 heteroatoms. The summed E-state index contributed by atoms with van der Waals surface area (Å²) in [5.41, 5.74) is 8.85. The van der Waals surface area contributed by atoms with Gasteiger partial charge >= 0.3 is 6.03 Å². The van der Waals surface area contributed by atoms with Gasteiger partial charge in [-0.2, -0.15) is 5.10 Å². The van der Waals surface area contributed by atoms with Crippen molar-refractivity contribution in [3.8, 4) is 5.75 Å². The molecule has 218 valence electrons. The fourth-order valence-corrected chi connectivity index (χ4v) is 5.64. The van der Waals surface area contributed by atoms with Gasteiger partial charge in [0.05, 0.1) is 31.0 Å². The minimum absolute atomic E-state index is 0.0344. The van der Waals surface area contributed by atoms with Crippen LogP contribution in [0.4, 0.5) is 23.8 Å². The number of pyridine rings is 1. The third-order valence-electron chi connectivity index (χ3n) is 6.71. The van der Waals surface area contributed by atoms with Gasteiger partial charge in [-0.15, -0.1) is 11.8 Å². The first-order chi connectivity index (χ1) is 20.2. The fourth-order valence-electron chi connectivity index (χ4n) is 4.65. The number of hydrazone groups is 1. The first kappa shape index (κ1) is 29.2. The lowest BCUT2D eigenvalue weighted by Gasteiger charge is -2.41. The Morgan fingerprint density at radius 1 is 1.10 bits per heavy atom. The second kappa shape index (κ2) is 12.7. The van der Waals surface area contributed by atoms with Gasteiger partial charge in [0.2, 0.25) is 0 Å². The second-order valence-electron chi connectivity index (χ2n) is 9.98. The van der Waals surface area contributed by atoms with E-state index in [-0.39, 0.29) is 24.7 Å². The van der Waals surface area contributed by atoms with E-state index in [9.17, 15) is 18.0 Å². The molecule has 3 heterocycles. The number of allylic oxidation sites excluding steroid dienone is 2. The summed E-state index contributed by atoms with van der Waals surface area (Å²) in [5, 5.41) is 5.31. The lowest BCUT2D eigenvalue weighted by molar-refractivity contribution is 0.0256. The van der Waals surface area contributed by atoms with Crippen molar-refractivity contribution < 1.29 is 22.7 Å². The zero-order valence-corrected chi connectivity index (χ0v) is 23.8. The number of aromatic nitrogens is 1. The largest absolute Gasteiger partial charge is 0.483 e. The highest BCUT2D eigenvalue weighted by Crippen LogP contribution is 2.32. The standard InChI is InChI=1S/C30H29F3N6O2S/c1-18(34)29(42-17-20-6-4-3-5-7-20)19(2)37-28-13-27(25(33)14-35-28)41-24-15-38(16-24)30(40)39-26(8-9-36-39)21-10-22(31)12-23(32)11-21/h3-7,9-14,24,26H,8,15-17,34H2,1-2H3/t26-/m0/s1. The SMILES string of the molecule is CC(=Nc1cc(OC2CN(C(=O)N3N=CC[C@H]3c3cc(F)cc(F)c3)C2)c(F)cn1)C(SCc1ccccc1)=C(C)N. The van der Waals surface area contributed by atoms with Gasteiger partial charge in [0.25, 0.3) is 0 Å². The lowest BCUT2D eigenvalue weighted by atomic mass is 10.0. The van der Waals surface area contributed by atoms with Crippen LogP contribution < -0.4 is 10.5 Å². The zero-order chi connectivity index (χ0) is 29.8. The van der Waals surface area contributed by atoms with E-state index in [4.69, 9.17) is 10.5 Å². The molecule has 1 fully saturated rings. The van der Waals surface area contributed by atoms with Crippen LogP contribution in [-0.4, -0.2) is 52.0 Å². The van der Waals surface area contributed by atoms with Crippen molar-refractivity contribution >= 4 is 35.5 Å². The Hall–Kier alpha value is -4.32. The molecule has 2 aliphatic rings. The number of rotatable bonds is 8. The number of carbonyl (C=O) groups excluding carboxylic acids is 1. The van der Waals surface area contributed by atoms with Crippen LogP contribution >= 0.6 is 11.8 Å². The molecule has 2 aliphatic heterocycles. The summed E-state index contributed by atoms with van der Waals surface area (Å²) in [6.07, 6.45) is 2.44. The number of hydrogen-bond acceptors (Lipinski definition) is 7. The molecule has 42 heavy (non-hydrogen) atoms. The van der Waals surface area contributed by atoms with Crippen molar-refractivity contribution in [1.29, 1.82) is 0 Å². The lowest BCUT2D eigenvalue weighted by Crippen LogP contribution is -2.58. The van der Waals surface area contributed by atoms with Crippen LogP contribution in [0.25, 0.3) is 0 Å². The van der Waals surface area contributed by atoms with E-state index in [1.807, 2.05) is 37.3 Å². The summed E-state index contributed by atoms with van der Waals surface area (Å²) in [7, 11) is 0. The molecule has 0 bridgehead atoms. The van der Waals surface area contributed by atoms with Gasteiger partial charge in [0, 0.05) is 41.1 Å². The van der Waals surface area contributed by atoms with Crippen molar-refractivity contribution in [2.45, 2.75) is 38.2 Å². The highest BCUT2D eigenvalue weighted by Gasteiger charge is 2.39. The number of likely N-dealkylation sites (tertiary alicyclic amines) is 1. The number of carbonyl (C=O) groups is 1. The van der Waals surface area contributed by atoms with Crippen LogP contribution in [0.1, 0.15) is 37.4 Å². The average Bonchev–Trinajstić information content (AvgIpc) is 3.42. The molecule has 0 aliphatic carbocycles. The number of thioether (sulfide) groups is 1. The Bertz CT molecular complexity index is 1540. The first-order valence-corrected chi connectivity index (χ1v) is 14.2. The van der Waals surface area contributed by atoms with Gasteiger partial charge in [-0.05, 0) is 37.1 Å². The maximum atomic E-state index is 14.6. The third kappa shape index (κ3) is 6.76. The highest BCUT2D eigenvalue weighted by atomic mass is 32.2. The Kier molecular flexibility index (Phi) is 8.81. The van der Waals surface area contributed by atoms with E-state index in [1.165, 1.54) is 34.3 Å². The summed E-state index contributed by atoms with van der Waals surface area (Å²) in [6.45, 7) is 3.99. The number of benzene rings is 2. The van der Waals surface area contributed by atoms with Crippen LogP contribution in [0, 0.1) is 17.5 Å². The molecule has 8 nitrogen and oxygen atoms in total. The summed E-state index contributed by atoms with van der Waals surface area (Å²) in [4.78, 5) is 24.0. The number of hydrogen-bond donors (Lipinski definition) is 1. The number of urea groups is 1. The van der Waals surface area contributed by atoms with Crippen LogP contribution in [-0.2, 0) is 5.75 Å². The molecule has 0 saturated carbocycles. The molecule has 1 aromatic heterocycles. The molecule has 3 aromatic rings. The first-order valence-electron chi connectivity index (χ1n) is 13.3. The molecular formula is C30H29F3N6O2S. The maximum Gasteiger partial charge on any atom is 0.341 e. The van der Waals surface area contributed by atoms with Crippen LogP contribution in [0.5, 0.6) is 5.75 Å². The number of amides is 2. The summed E-state index contributed by atoms with van der Waals surface area (Å²) >= 11 is 1.56. The van der Waals surface area contributed by atoms with Crippen molar-refractivity contribution in [2.75, 3.05) is 13.1 Å². The molecule has 5 rings (SSSR count).